The van der Waals surface area contributed by atoms with Crippen molar-refractivity contribution in [1.82, 2.24) is 4.90 Å². The predicted octanol–water partition coefficient (Wildman–Crippen LogP) is 3.39. The van der Waals surface area contributed by atoms with Crippen molar-refractivity contribution in [2.75, 3.05) is 20.2 Å². The van der Waals surface area contributed by atoms with Crippen LogP contribution in [0.2, 0.25) is 0 Å². The number of hydrogen-bond acceptors (Lipinski definition) is 3. The fourth-order valence-electron chi connectivity index (χ4n) is 2.02. The largest absolute Gasteiger partial charge is 0.494 e. The van der Waals surface area contributed by atoms with Gasteiger partial charge in [0.15, 0.2) is 5.78 Å². The van der Waals surface area contributed by atoms with Crippen molar-refractivity contribution in [3.05, 3.63) is 29.8 Å². The van der Waals surface area contributed by atoms with Crippen LogP contribution in [0.4, 0.5) is 0 Å². The Morgan fingerprint density at radius 2 is 1.89 bits per heavy atom. The molecule has 0 aliphatic rings. The Morgan fingerprint density at radius 1 is 1.26 bits per heavy atom. The first-order valence-electron chi connectivity index (χ1n) is 7.04. The zero-order valence-corrected chi connectivity index (χ0v) is 12.5. The predicted molar refractivity (Wildman–Crippen MR) is 78.9 cm³/mol. The molecule has 0 aromatic heterocycles. The van der Waals surface area contributed by atoms with E-state index in [1.807, 2.05) is 38.2 Å². The van der Waals surface area contributed by atoms with Gasteiger partial charge in [-0.3, -0.25) is 9.69 Å². The van der Waals surface area contributed by atoms with E-state index >= 15 is 0 Å². The Hall–Kier alpha value is -1.35. The summed E-state index contributed by atoms with van der Waals surface area (Å²) in [6.45, 7) is 7.39. The van der Waals surface area contributed by atoms with E-state index in [2.05, 4.69) is 18.7 Å². The number of carbonyl (C=O) groups excluding carboxylic acids is 1. The van der Waals surface area contributed by atoms with E-state index in [1.165, 1.54) is 0 Å². The van der Waals surface area contributed by atoms with Crippen molar-refractivity contribution in [1.29, 1.82) is 0 Å². The Balaban J connectivity index is 2.57. The first-order valence-corrected chi connectivity index (χ1v) is 7.04. The molecule has 0 spiro atoms. The number of nitrogens with zero attached hydrogens (tertiary/aromatic N) is 1. The molecule has 1 unspecified atom stereocenters. The summed E-state index contributed by atoms with van der Waals surface area (Å²) in [5.74, 6) is 0.972. The van der Waals surface area contributed by atoms with E-state index in [4.69, 9.17) is 4.74 Å². The lowest BCUT2D eigenvalue weighted by Gasteiger charge is -2.23. The second-order valence-electron chi connectivity index (χ2n) is 4.93. The minimum absolute atomic E-state index is 0.161. The highest BCUT2D eigenvalue weighted by Gasteiger charge is 2.13. The van der Waals surface area contributed by atoms with Crippen LogP contribution in [0.3, 0.4) is 0 Å². The summed E-state index contributed by atoms with van der Waals surface area (Å²) >= 11 is 0. The maximum atomic E-state index is 12.2. The topological polar surface area (TPSA) is 29.5 Å². The monoisotopic (exact) mass is 263 g/mol. The quantitative estimate of drug-likeness (QED) is 0.673. The van der Waals surface area contributed by atoms with Crippen LogP contribution in [0.25, 0.3) is 0 Å². The summed E-state index contributed by atoms with van der Waals surface area (Å²) in [6.07, 6.45) is 2.26. The Kier molecular flexibility index (Phi) is 6.57. The molecule has 3 heteroatoms. The maximum Gasteiger partial charge on any atom is 0.176 e. The van der Waals surface area contributed by atoms with E-state index in [9.17, 15) is 4.79 Å². The lowest BCUT2D eigenvalue weighted by molar-refractivity contribution is 0.0921. The zero-order chi connectivity index (χ0) is 14.3. The van der Waals surface area contributed by atoms with E-state index in [0.717, 1.165) is 24.2 Å². The number of hydrogen-bond donors (Lipinski definition) is 0. The van der Waals surface area contributed by atoms with Gasteiger partial charge in [-0.15, -0.1) is 0 Å². The molecule has 106 valence electrons. The fourth-order valence-corrected chi connectivity index (χ4v) is 2.02. The first-order chi connectivity index (χ1) is 9.08. The van der Waals surface area contributed by atoms with Gasteiger partial charge in [-0.05, 0) is 51.6 Å². The Morgan fingerprint density at radius 3 is 2.42 bits per heavy atom. The van der Waals surface area contributed by atoms with Gasteiger partial charge in [0.25, 0.3) is 0 Å². The van der Waals surface area contributed by atoms with Gasteiger partial charge in [-0.2, -0.15) is 0 Å². The number of rotatable bonds is 8. The lowest BCUT2D eigenvalue weighted by atomic mass is 10.1. The molecule has 0 aliphatic carbocycles. The van der Waals surface area contributed by atoms with Crippen LogP contribution in [0, 0.1) is 0 Å². The number of likely N-dealkylation sites (N-methyl/N-ethyl adjacent to an activating group) is 1. The van der Waals surface area contributed by atoms with Gasteiger partial charge >= 0.3 is 0 Å². The normalized spacial score (nSPS) is 12.5. The van der Waals surface area contributed by atoms with Crippen LogP contribution in [0.15, 0.2) is 24.3 Å². The molecule has 0 heterocycles. The molecule has 0 amide bonds. The first kappa shape index (κ1) is 15.7. The summed E-state index contributed by atoms with van der Waals surface area (Å²) in [6, 6.07) is 7.83. The van der Waals surface area contributed by atoms with E-state index in [0.29, 0.717) is 19.2 Å². The summed E-state index contributed by atoms with van der Waals surface area (Å²) < 4.78 is 5.37. The fraction of sp³-hybridized carbons (Fsp3) is 0.562. The molecule has 1 aromatic carbocycles. The van der Waals surface area contributed by atoms with Crippen LogP contribution in [0.5, 0.6) is 5.75 Å². The highest BCUT2D eigenvalue weighted by Crippen LogP contribution is 2.13. The molecule has 0 saturated heterocycles. The molecule has 1 aromatic rings. The number of ketones is 1. The molecule has 0 bridgehead atoms. The molecular weight excluding hydrogens is 238 g/mol. The van der Waals surface area contributed by atoms with Gasteiger partial charge in [-0.1, -0.05) is 13.3 Å². The highest BCUT2D eigenvalue weighted by molar-refractivity contribution is 5.97. The third-order valence-corrected chi connectivity index (χ3v) is 3.34. The molecule has 19 heavy (non-hydrogen) atoms. The van der Waals surface area contributed by atoms with Crippen molar-refractivity contribution in [2.24, 2.45) is 0 Å². The van der Waals surface area contributed by atoms with E-state index in [1.54, 1.807) is 0 Å². The van der Waals surface area contributed by atoms with Crippen molar-refractivity contribution >= 4 is 5.78 Å². The maximum absolute atomic E-state index is 12.2. The molecule has 0 radical (unpaired) electrons. The van der Waals surface area contributed by atoms with Gasteiger partial charge in [0.05, 0.1) is 13.2 Å². The molecule has 1 rings (SSSR count). The molecule has 0 fully saturated rings. The van der Waals surface area contributed by atoms with Gasteiger partial charge < -0.3 is 4.74 Å². The Bertz CT molecular complexity index is 386. The second-order valence-corrected chi connectivity index (χ2v) is 4.93. The average molecular weight is 263 g/mol. The van der Waals surface area contributed by atoms with Crippen LogP contribution < -0.4 is 4.74 Å². The number of carbonyl (C=O) groups is 1. The molecule has 0 saturated carbocycles. The average Bonchev–Trinajstić information content (AvgIpc) is 2.40. The van der Waals surface area contributed by atoms with E-state index < -0.39 is 0 Å². The van der Waals surface area contributed by atoms with Crippen molar-refractivity contribution in [3.63, 3.8) is 0 Å². The number of benzene rings is 1. The molecule has 0 N–H and O–H groups in total. The van der Waals surface area contributed by atoms with Gasteiger partial charge in [0, 0.05) is 11.6 Å². The number of ether oxygens (including phenoxy) is 1. The van der Waals surface area contributed by atoms with Crippen LogP contribution >= 0.6 is 0 Å². The van der Waals surface area contributed by atoms with Gasteiger partial charge in [-0.25, -0.2) is 0 Å². The summed E-state index contributed by atoms with van der Waals surface area (Å²) in [5, 5.41) is 0. The molecule has 1 atom stereocenters. The van der Waals surface area contributed by atoms with Crippen molar-refractivity contribution in [2.45, 2.75) is 39.7 Å². The van der Waals surface area contributed by atoms with Crippen LogP contribution in [-0.2, 0) is 0 Å². The summed E-state index contributed by atoms with van der Waals surface area (Å²) in [5.41, 5.74) is 0.749. The summed E-state index contributed by atoms with van der Waals surface area (Å²) in [7, 11) is 2.01. The molecular formula is C16H25NO2. The molecule has 3 nitrogen and oxygen atoms in total. The third kappa shape index (κ3) is 5.03. The standard InChI is InChI=1S/C16H25NO2/c1-5-7-13(3)17(4)12-16(18)14-8-10-15(11-9-14)19-6-2/h8-11,13H,5-7,12H2,1-4H3. The van der Waals surface area contributed by atoms with Crippen molar-refractivity contribution in [3.8, 4) is 5.75 Å². The van der Waals surface area contributed by atoms with Gasteiger partial charge in [0.1, 0.15) is 5.75 Å². The minimum atomic E-state index is 0.161. The smallest absolute Gasteiger partial charge is 0.176 e. The second kappa shape index (κ2) is 7.95. The Labute approximate surface area is 116 Å². The van der Waals surface area contributed by atoms with E-state index in [-0.39, 0.29) is 5.78 Å². The highest BCUT2D eigenvalue weighted by atomic mass is 16.5. The third-order valence-electron chi connectivity index (χ3n) is 3.34. The van der Waals surface area contributed by atoms with Crippen molar-refractivity contribution < 1.29 is 9.53 Å². The molecule has 0 aliphatic heterocycles. The van der Waals surface area contributed by atoms with Gasteiger partial charge in [0.2, 0.25) is 0 Å². The lowest BCUT2D eigenvalue weighted by Crippen LogP contribution is -2.33. The minimum Gasteiger partial charge on any atom is -0.494 e. The SMILES string of the molecule is CCCC(C)N(C)CC(=O)c1ccc(OCC)cc1. The summed E-state index contributed by atoms with van der Waals surface area (Å²) in [4.78, 5) is 14.3. The zero-order valence-electron chi connectivity index (χ0n) is 12.5. The number of Topliss-reactive ketones (excluding diaryl/α,β-unsaturated/α-hetero) is 1. The van der Waals surface area contributed by atoms with Crippen LogP contribution in [0.1, 0.15) is 44.0 Å². The van der Waals surface area contributed by atoms with Crippen LogP contribution in [-0.4, -0.2) is 36.9 Å².